The zero-order valence-corrected chi connectivity index (χ0v) is 19.9. The van der Waals surface area contributed by atoms with Gasteiger partial charge in [-0.25, -0.2) is 10.4 Å². The largest absolute Gasteiger partial charge is 0.497 e. The van der Waals surface area contributed by atoms with E-state index in [1.54, 1.807) is 52.9 Å². The van der Waals surface area contributed by atoms with Gasteiger partial charge in [0.05, 0.1) is 51.4 Å². The van der Waals surface area contributed by atoms with Gasteiger partial charge < -0.3 is 18.9 Å². The summed E-state index contributed by atoms with van der Waals surface area (Å²) >= 11 is 0. The molecule has 4 rings (SSSR count). The highest BCUT2D eigenvalue weighted by Gasteiger charge is 2.18. The molecule has 0 fully saturated rings. The number of amides is 1. The fraction of sp³-hybridized carbons (Fsp3) is 0.148. The molecule has 0 atom stereocenters. The van der Waals surface area contributed by atoms with Gasteiger partial charge in [0.1, 0.15) is 5.75 Å². The molecule has 1 amide bonds. The summed E-state index contributed by atoms with van der Waals surface area (Å²) in [5.41, 5.74) is 5.83. The van der Waals surface area contributed by atoms with Gasteiger partial charge in [0.25, 0.3) is 5.91 Å². The van der Waals surface area contributed by atoms with Crippen LogP contribution in [0.15, 0.2) is 71.8 Å². The summed E-state index contributed by atoms with van der Waals surface area (Å²) in [4.78, 5) is 17.9. The Kier molecular flexibility index (Phi) is 7.11. The number of methoxy groups -OCH3 is 4. The molecule has 1 aromatic heterocycles. The Bertz CT molecular complexity index is 1360. The number of carbonyl (C=O) groups excluding carboxylic acids is 1. The molecule has 1 N–H and O–H groups in total. The zero-order valence-electron chi connectivity index (χ0n) is 19.9. The molecule has 0 aliphatic heterocycles. The predicted molar refractivity (Wildman–Crippen MR) is 135 cm³/mol. The number of ether oxygens (including phenoxy) is 4. The first-order valence-electron chi connectivity index (χ1n) is 10.8. The number of hydrogen-bond acceptors (Lipinski definition) is 7. The third-order valence-corrected chi connectivity index (χ3v) is 5.42. The van der Waals surface area contributed by atoms with Crippen LogP contribution in [-0.2, 0) is 0 Å². The summed E-state index contributed by atoms with van der Waals surface area (Å²) in [5.74, 6) is 1.85. The number of carbonyl (C=O) groups is 1. The van der Waals surface area contributed by atoms with Crippen LogP contribution >= 0.6 is 0 Å². The fourth-order valence-electron chi connectivity index (χ4n) is 3.66. The molecule has 0 saturated heterocycles. The van der Waals surface area contributed by atoms with Gasteiger partial charge in [0.2, 0.25) is 5.75 Å². The van der Waals surface area contributed by atoms with Crippen molar-refractivity contribution in [2.45, 2.75) is 0 Å². The second-order valence-corrected chi connectivity index (χ2v) is 7.46. The van der Waals surface area contributed by atoms with Crippen LogP contribution in [0.25, 0.3) is 22.2 Å². The number of fused-ring (bicyclic) bond motifs is 1. The van der Waals surface area contributed by atoms with E-state index < -0.39 is 0 Å². The number of nitrogens with zero attached hydrogens (tertiary/aromatic N) is 2. The third-order valence-electron chi connectivity index (χ3n) is 5.42. The van der Waals surface area contributed by atoms with Crippen molar-refractivity contribution in [3.8, 4) is 34.3 Å². The Morgan fingerprint density at radius 2 is 1.54 bits per heavy atom. The molecule has 4 aromatic rings. The van der Waals surface area contributed by atoms with Crippen molar-refractivity contribution in [3.05, 3.63) is 77.9 Å². The average molecular weight is 472 g/mol. The number of hydrazone groups is 1. The van der Waals surface area contributed by atoms with E-state index in [1.807, 2.05) is 48.5 Å². The van der Waals surface area contributed by atoms with E-state index in [4.69, 9.17) is 23.9 Å². The number of hydrogen-bond donors (Lipinski definition) is 1. The van der Waals surface area contributed by atoms with Crippen molar-refractivity contribution in [2.75, 3.05) is 28.4 Å². The van der Waals surface area contributed by atoms with Gasteiger partial charge in [0, 0.05) is 10.9 Å². The second kappa shape index (κ2) is 10.6. The molecule has 8 heteroatoms. The summed E-state index contributed by atoms with van der Waals surface area (Å²) in [6.07, 6.45) is 1.57. The molecule has 0 radical (unpaired) electrons. The molecule has 0 aliphatic carbocycles. The molecular formula is C27H25N3O5. The van der Waals surface area contributed by atoms with Gasteiger partial charge in [-0.05, 0) is 54.1 Å². The molecule has 0 bridgehead atoms. The molecule has 0 unspecified atom stereocenters. The minimum atomic E-state index is -0.359. The van der Waals surface area contributed by atoms with Crippen LogP contribution in [0.3, 0.4) is 0 Å². The SMILES string of the molecule is COc1ccc(/C=N/NC(=O)c2cc(-c3cc(OC)c(OC)c(OC)c3)nc3ccccc23)cc1. The minimum Gasteiger partial charge on any atom is -0.497 e. The lowest BCUT2D eigenvalue weighted by Gasteiger charge is -2.15. The Hall–Kier alpha value is -4.59. The third kappa shape index (κ3) is 5.01. The van der Waals surface area contributed by atoms with E-state index >= 15 is 0 Å². The highest BCUT2D eigenvalue weighted by atomic mass is 16.5. The van der Waals surface area contributed by atoms with Crippen LogP contribution in [0.2, 0.25) is 0 Å². The number of rotatable bonds is 8. The van der Waals surface area contributed by atoms with E-state index in [2.05, 4.69) is 10.5 Å². The van der Waals surface area contributed by atoms with E-state index in [1.165, 1.54) is 0 Å². The van der Waals surface area contributed by atoms with Crippen molar-refractivity contribution < 1.29 is 23.7 Å². The van der Waals surface area contributed by atoms with Crippen LogP contribution in [-0.4, -0.2) is 45.5 Å². The number of benzene rings is 3. The first-order chi connectivity index (χ1) is 17.1. The van der Waals surface area contributed by atoms with E-state index in [9.17, 15) is 4.79 Å². The molecule has 0 aliphatic rings. The van der Waals surface area contributed by atoms with Gasteiger partial charge in [-0.1, -0.05) is 18.2 Å². The minimum absolute atomic E-state index is 0.359. The second-order valence-electron chi connectivity index (χ2n) is 7.46. The first kappa shape index (κ1) is 23.6. The quantitative estimate of drug-likeness (QED) is 0.296. The Morgan fingerprint density at radius 1 is 0.857 bits per heavy atom. The van der Waals surface area contributed by atoms with Crippen LogP contribution in [0.4, 0.5) is 0 Å². The summed E-state index contributed by atoms with van der Waals surface area (Å²) in [7, 11) is 6.25. The summed E-state index contributed by atoms with van der Waals surface area (Å²) < 4.78 is 21.5. The van der Waals surface area contributed by atoms with Crippen molar-refractivity contribution in [1.82, 2.24) is 10.4 Å². The van der Waals surface area contributed by atoms with E-state index in [0.717, 1.165) is 11.3 Å². The van der Waals surface area contributed by atoms with E-state index in [-0.39, 0.29) is 5.91 Å². The summed E-state index contributed by atoms with van der Waals surface area (Å²) in [5, 5.41) is 4.83. The molecule has 8 nitrogen and oxygen atoms in total. The maximum Gasteiger partial charge on any atom is 0.272 e. The van der Waals surface area contributed by atoms with Gasteiger partial charge in [0.15, 0.2) is 11.5 Å². The number of pyridine rings is 1. The molecule has 0 saturated carbocycles. The molecule has 35 heavy (non-hydrogen) atoms. The monoisotopic (exact) mass is 471 g/mol. The van der Waals surface area contributed by atoms with Crippen LogP contribution in [0.1, 0.15) is 15.9 Å². The Labute approximate surface area is 203 Å². The highest BCUT2D eigenvalue weighted by molar-refractivity contribution is 6.07. The predicted octanol–water partition coefficient (Wildman–Crippen LogP) is 4.70. The summed E-state index contributed by atoms with van der Waals surface area (Å²) in [6, 6.07) is 20.1. The lowest BCUT2D eigenvalue weighted by atomic mass is 10.0. The Morgan fingerprint density at radius 3 is 2.17 bits per heavy atom. The van der Waals surface area contributed by atoms with Gasteiger partial charge in [-0.3, -0.25) is 4.79 Å². The smallest absolute Gasteiger partial charge is 0.272 e. The van der Waals surface area contributed by atoms with Crippen LogP contribution in [0, 0.1) is 0 Å². The summed E-state index contributed by atoms with van der Waals surface area (Å²) in [6.45, 7) is 0. The maximum absolute atomic E-state index is 13.1. The lowest BCUT2D eigenvalue weighted by Crippen LogP contribution is -2.18. The number of nitrogens with one attached hydrogen (secondary N) is 1. The molecule has 178 valence electrons. The lowest BCUT2D eigenvalue weighted by molar-refractivity contribution is 0.0956. The van der Waals surface area contributed by atoms with Crippen LogP contribution < -0.4 is 24.4 Å². The van der Waals surface area contributed by atoms with Crippen molar-refractivity contribution >= 4 is 23.0 Å². The molecule has 3 aromatic carbocycles. The Balaban J connectivity index is 1.71. The molecular weight excluding hydrogens is 446 g/mol. The van der Waals surface area contributed by atoms with Crippen LogP contribution in [0.5, 0.6) is 23.0 Å². The van der Waals surface area contributed by atoms with Gasteiger partial charge >= 0.3 is 0 Å². The molecule has 1 heterocycles. The van der Waals surface area contributed by atoms with Gasteiger partial charge in [-0.15, -0.1) is 0 Å². The highest BCUT2D eigenvalue weighted by Crippen LogP contribution is 2.41. The molecule has 0 spiro atoms. The fourth-order valence-corrected chi connectivity index (χ4v) is 3.66. The van der Waals surface area contributed by atoms with E-state index in [0.29, 0.717) is 45.0 Å². The van der Waals surface area contributed by atoms with Crippen molar-refractivity contribution in [3.63, 3.8) is 0 Å². The standard InChI is InChI=1S/C27H25N3O5/c1-32-19-11-9-17(10-12-19)16-28-30-27(31)21-15-23(29-22-8-6-5-7-20(21)22)18-13-24(33-2)26(35-4)25(14-18)34-3/h5-16H,1-4H3,(H,30,31)/b28-16+. The zero-order chi connectivity index (χ0) is 24.8. The number of aromatic nitrogens is 1. The van der Waals surface area contributed by atoms with Crippen molar-refractivity contribution in [2.24, 2.45) is 5.10 Å². The topological polar surface area (TPSA) is 91.3 Å². The van der Waals surface area contributed by atoms with Crippen molar-refractivity contribution in [1.29, 1.82) is 0 Å². The first-order valence-corrected chi connectivity index (χ1v) is 10.8. The maximum atomic E-state index is 13.1. The normalized spacial score (nSPS) is 10.9. The average Bonchev–Trinajstić information content (AvgIpc) is 2.91. The van der Waals surface area contributed by atoms with Gasteiger partial charge in [-0.2, -0.15) is 5.10 Å². The number of para-hydroxylation sites is 1.